The zero-order valence-corrected chi connectivity index (χ0v) is 18.0. The topological polar surface area (TPSA) is 84.5 Å². The SMILES string of the molecule is CO[C@H]1CC[C@H](C(=O)N[C@]2(S(=O)(=O)c3cccc(Cl)c3C)CCCNC2)CC1. The van der Waals surface area contributed by atoms with Crippen LogP contribution in [-0.2, 0) is 19.4 Å². The number of halogens is 1. The predicted octanol–water partition coefficient (Wildman–Crippen LogP) is 2.82. The summed E-state index contributed by atoms with van der Waals surface area (Å²) >= 11 is 6.18. The summed E-state index contributed by atoms with van der Waals surface area (Å²) in [7, 11) is -2.14. The Morgan fingerprint density at radius 2 is 2.00 bits per heavy atom. The number of piperidine rings is 1. The molecule has 2 aliphatic rings. The first kappa shape index (κ1) is 21.6. The average Bonchev–Trinajstić information content (AvgIpc) is 2.70. The predicted molar refractivity (Wildman–Crippen MR) is 109 cm³/mol. The number of hydrogen-bond donors (Lipinski definition) is 2. The van der Waals surface area contributed by atoms with Gasteiger partial charge in [-0.05, 0) is 69.7 Å². The number of carbonyl (C=O) groups excluding carboxylic acids is 1. The number of ether oxygens (including phenoxy) is 1. The van der Waals surface area contributed by atoms with Gasteiger partial charge in [-0.1, -0.05) is 17.7 Å². The molecule has 28 heavy (non-hydrogen) atoms. The molecule has 0 radical (unpaired) electrons. The molecule has 1 atom stereocenters. The Bertz CT molecular complexity index is 813. The molecule has 1 saturated carbocycles. The lowest BCUT2D eigenvalue weighted by Gasteiger charge is -2.39. The van der Waals surface area contributed by atoms with Crippen molar-refractivity contribution in [3.8, 4) is 0 Å². The maximum Gasteiger partial charge on any atom is 0.224 e. The number of benzene rings is 1. The van der Waals surface area contributed by atoms with Gasteiger partial charge in [0.25, 0.3) is 0 Å². The second-order valence-electron chi connectivity index (χ2n) is 7.84. The Morgan fingerprint density at radius 1 is 1.29 bits per heavy atom. The highest BCUT2D eigenvalue weighted by Gasteiger charge is 2.48. The van der Waals surface area contributed by atoms with E-state index in [1.807, 2.05) is 0 Å². The third-order valence-corrected chi connectivity index (χ3v) is 9.01. The van der Waals surface area contributed by atoms with Crippen molar-refractivity contribution < 1.29 is 17.9 Å². The molecule has 1 amide bonds. The van der Waals surface area contributed by atoms with Crippen molar-refractivity contribution in [2.24, 2.45) is 5.92 Å². The standard InChI is InChI=1S/C20H29ClN2O4S/c1-14-17(21)5-3-6-18(14)28(25,26)20(11-4-12-22-13-20)23-19(24)15-7-9-16(27-2)10-8-15/h3,5-6,15-16,22H,4,7-13H2,1-2H3,(H,23,24)/t15-,16-,20-/m0/s1. The smallest absolute Gasteiger partial charge is 0.224 e. The molecule has 3 rings (SSSR count). The summed E-state index contributed by atoms with van der Waals surface area (Å²) in [6, 6.07) is 4.89. The summed E-state index contributed by atoms with van der Waals surface area (Å²) in [6.07, 6.45) is 4.31. The van der Waals surface area contributed by atoms with Gasteiger partial charge in [-0.25, -0.2) is 8.42 Å². The quantitative estimate of drug-likeness (QED) is 0.753. The van der Waals surface area contributed by atoms with Gasteiger partial charge in [0.2, 0.25) is 15.7 Å². The molecule has 1 saturated heterocycles. The number of nitrogens with one attached hydrogen (secondary N) is 2. The Kier molecular flexibility index (Phi) is 6.69. The molecule has 0 bridgehead atoms. The van der Waals surface area contributed by atoms with Gasteiger partial charge in [0.15, 0.2) is 4.87 Å². The first-order valence-electron chi connectivity index (χ1n) is 9.86. The molecule has 0 spiro atoms. The van der Waals surface area contributed by atoms with Crippen LogP contribution in [0, 0.1) is 12.8 Å². The summed E-state index contributed by atoms with van der Waals surface area (Å²) < 4.78 is 32.7. The largest absolute Gasteiger partial charge is 0.381 e. The summed E-state index contributed by atoms with van der Waals surface area (Å²) in [5, 5.41) is 6.52. The molecule has 1 aromatic carbocycles. The number of hydrogen-bond acceptors (Lipinski definition) is 5. The minimum Gasteiger partial charge on any atom is -0.381 e. The Hall–Kier alpha value is -1.15. The summed E-state index contributed by atoms with van der Waals surface area (Å²) in [5.41, 5.74) is 0.518. The lowest BCUT2D eigenvalue weighted by Crippen LogP contribution is -2.63. The normalized spacial score (nSPS) is 28.7. The molecule has 6 nitrogen and oxygen atoms in total. The molecular formula is C20H29ClN2O4S. The van der Waals surface area contributed by atoms with E-state index in [0.29, 0.717) is 36.3 Å². The van der Waals surface area contributed by atoms with Crippen molar-refractivity contribution in [2.45, 2.75) is 61.3 Å². The van der Waals surface area contributed by atoms with E-state index in [0.717, 1.165) is 19.4 Å². The maximum absolute atomic E-state index is 13.7. The number of amides is 1. The van der Waals surface area contributed by atoms with Crippen molar-refractivity contribution in [3.63, 3.8) is 0 Å². The lowest BCUT2D eigenvalue weighted by molar-refractivity contribution is -0.128. The highest BCUT2D eigenvalue weighted by atomic mass is 35.5. The summed E-state index contributed by atoms with van der Waals surface area (Å²) in [6.45, 7) is 2.63. The van der Waals surface area contributed by atoms with E-state index in [-0.39, 0.29) is 29.4 Å². The van der Waals surface area contributed by atoms with E-state index < -0.39 is 14.7 Å². The number of sulfone groups is 1. The van der Waals surface area contributed by atoms with Crippen molar-refractivity contribution in [1.82, 2.24) is 10.6 Å². The molecule has 1 heterocycles. The van der Waals surface area contributed by atoms with Crippen LogP contribution in [0.3, 0.4) is 0 Å². The monoisotopic (exact) mass is 428 g/mol. The van der Waals surface area contributed by atoms with Gasteiger partial charge in [-0.3, -0.25) is 4.79 Å². The van der Waals surface area contributed by atoms with Crippen LogP contribution >= 0.6 is 11.6 Å². The van der Waals surface area contributed by atoms with Gasteiger partial charge >= 0.3 is 0 Å². The van der Waals surface area contributed by atoms with Crippen LogP contribution in [0.4, 0.5) is 0 Å². The fourth-order valence-corrected chi connectivity index (χ4v) is 6.62. The van der Waals surface area contributed by atoms with Crippen LogP contribution in [0.15, 0.2) is 23.1 Å². The first-order chi connectivity index (χ1) is 13.3. The molecule has 0 aromatic heterocycles. The van der Waals surface area contributed by atoms with Crippen LogP contribution in [0.25, 0.3) is 0 Å². The van der Waals surface area contributed by atoms with Crippen molar-refractivity contribution >= 4 is 27.3 Å². The molecule has 1 aliphatic heterocycles. The second-order valence-corrected chi connectivity index (χ2v) is 10.5. The minimum atomic E-state index is -3.83. The van der Waals surface area contributed by atoms with E-state index in [2.05, 4.69) is 10.6 Å². The van der Waals surface area contributed by atoms with E-state index >= 15 is 0 Å². The highest BCUT2D eigenvalue weighted by Crippen LogP contribution is 2.35. The van der Waals surface area contributed by atoms with Gasteiger partial charge in [-0.2, -0.15) is 0 Å². The lowest BCUT2D eigenvalue weighted by atomic mass is 9.86. The molecule has 1 aromatic rings. The van der Waals surface area contributed by atoms with Gasteiger partial charge in [-0.15, -0.1) is 0 Å². The zero-order valence-electron chi connectivity index (χ0n) is 16.5. The Morgan fingerprint density at radius 3 is 2.61 bits per heavy atom. The van der Waals surface area contributed by atoms with Gasteiger partial charge in [0.05, 0.1) is 11.0 Å². The number of methoxy groups -OCH3 is 1. The summed E-state index contributed by atoms with van der Waals surface area (Å²) in [4.78, 5) is 11.9. The molecule has 1 aliphatic carbocycles. The van der Waals surface area contributed by atoms with Crippen LogP contribution in [0.1, 0.15) is 44.1 Å². The third kappa shape index (κ3) is 4.08. The Balaban J connectivity index is 1.88. The van der Waals surface area contributed by atoms with Crippen LogP contribution in [0.5, 0.6) is 0 Å². The molecule has 2 fully saturated rings. The van der Waals surface area contributed by atoms with Crippen LogP contribution in [-0.4, -0.2) is 45.5 Å². The van der Waals surface area contributed by atoms with E-state index in [9.17, 15) is 13.2 Å². The molecular weight excluding hydrogens is 400 g/mol. The molecule has 2 N–H and O–H groups in total. The average molecular weight is 429 g/mol. The summed E-state index contributed by atoms with van der Waals surface area (Å²) in [5.74, 6) is -0.359. The van der Waals surface area contributed by atoms with Crippen LogP contribution < -0.4 is 10.6 Å². The minimum absolute atomic E-state index is 0.179. The second kappa shape index (κ2) is 8.69. The zero-order chi connectivity index (χ0) is 20.4. The third-order valence-electron chi connectivity index (χ3n) is 6.10. The van der Waals surface area contributed by atoms with Gasteiger partial charge in [0.1, 0.15) is 0 Å². The van der Waals surface area contributed by atoms with Crippen molar-refractivity contribution in [2.75, 3.05) is 20.2 Å². The number of rotatable bonds is 5. The van der Waals surface area contributed by atoms with Gasteiger partial charge < -0.3 is 15.4 Å². The molecule has 156 valence electrons. The van der Waals surface area contributed by atoms with Crippen LogP contribution in [0.2, 0.25) is 5.02 Å². The molecule has 0 unspecified atom stereocenters. The fraction of sp³-hybridized carbons (Fsp3) is 0.650. The Labute approximate surface area is 172 Å². The van der Waals surface area contributed by atoms with E-state index in [1.54, 1.807) is 32.2 Å². The first-order valence-corrected chi connectivity index (χ1v) is 11.7. The van der Waals surface area contributed by atoms with E-state index in [1.165, 1.54) is 0 Å². The number of carbonyl (C=O) groups is 1. The van der Waals surface area contributed by atoms with Crippen molar-refractivity contribution in [1.29, 1.82) is 0 Å². The molecule has 8 heteroatoms. The van der Waals surface area contributed by atoms with Crippen molar-refractivity contribution in [3.05, 3.63) is 28.8 Å². The maximum atomic E-state index is 13.7. The fourth-order valence-electron chi connectivity index (χ4n) is 4.26. The highest BCUT2D eigenvalue weighted by molar-refractivity contribution is 7.93. The van der Waals surface area contributed by atoms with E-state index in [4.69, 9.17) is 16.3 Å². The van der Waals surface area contributed by atoms with Gasteiger partial charge in [0, 0.05) is 24.6 Å².